The third-order valence-corrected chi connectivity index (χ3v) is 5.59. The van der Waals surface area contributed by atoms with E-state index >= 15 is 0 Å². The number of halogens is 1. The normalized spacial score (nSPS) is 17.0. The number of aryl methyl sites for hydroxylation is 1. The molecule has 29 heavy (non-hydrogen) atoms. The molecule has 0 aliphatic carbocycles. The highest BCUT2D eigenvalue weighted by atomic mass is 35.5. The maximum atomic E-state index is 12.9. The molecule has 154 valence electrons. The topological polar surface area (TPSA) is 58.6 Å². The first-order valence-electron chi connectivity index (χ1n) is 10.0. The van der Waals surface area contributed by atoms with Crippen molar-refractivity contribution < 1.29 is 14.3 Å². The van der Waals surface area contributed by atoms with E-state index < -0.39 is 0 Å². The fourth-order valence-corrected chi connectivity index (χ4v) is 3.86. The zero-order valence-corrected chi connectivity index (χ0v) is 17.7. The van der Waals surface area contributed by atoms with Crippen molar-refractivity contribution in [2.45, 2.75) is 33.2 Å². The van der Waals surface area contributed by atoms with Crippen molar-refractivity contribution in [3.8, 4) is 0 Å². The number of amides is 1. The Bertz CT molecular complexity index is 884. The number of nitrogens with zero attached hydrogens (tertiary/aromatic N) is 1. The number of carbonyl (C=O) groups excluding carboxylic acids is 2. The summed E-state index contributed by atoms with van der Waals surface area (Å²) in [6.07, 6.45) is 1.84. The summed E-state index contributed by atoms with van der Waals surface area (Å²) >= 11 is 6.28. The van der Waals surface area contributed by atoms with Crippen LogP contribution in [0.5, 0.6) is 0 Å². The lowest BCUT2D eigenvalue weighted by Gasteiger charge is -2.32. The fourth-order valence-electron chi connectivity index (χ4n) is 3.66. The quantitative estimate of drug-likeness (QED) is 0.697. The van der Waals surface area contributed by atoms with Crippen LogP contribution in [0.25, 0.3) is 0 Å². The van der Waals surface area contributed by atoms with Crippen molar-refractivity contribution in [3.63, 3.8) is 0 Å². The van der Waals surface area contributed by atoms with E-state index in [-0.39, 0.29) is 17.8 Å². The summed E-state index contributed by atoms with van der Waals surface area (Å²) in [7, 11) is 0. The van der Waals surface area contributed by atoms with Crippen molar-refractivity contribution >= 4 is 29.2 Å². The van der Waals surface area contributed by atoms with Crippen LogP contribution in [0.3, 0.4) is 0 Å². The van der Waals surface area contributed by atoms with Gasteiger partial charge in [0.2, 0.25) is 5.91 Å². The molecule has 0 saturated carbocycles. The molecule has 5 nitrogen and oxygen atoms in total. The van der Waals surface area contributed by atoms with Gasteiger partial charge in [0, 0.05) is 23.8 Å². The molecular formula is C23H27ClN2O3. The molecular weight excluding hydrogens is 388 g/mol. The molecule has 0 bridgehead atoms. The molecule has 1 aliphatic rings. The highest BCUT2D eigenvalue weighted by Gasteiger charge is 2.26. The van der Waals surface area contributed by atoms with E-state index in [2.05, 4.69) is 10.2 Å². The van der Waals surface area contributed by atoms with Crippen LogP contribution >= 0.6 is 11.6 Å². The van der Waals surface area contributed by atoms with Crippen molar-refractivity contribution in [2.24, 2.45) is 5.92 Å². The number of anilines is 1. The van der Waals surface area contributed by atoms with Crippen LogP contribution in [0.4, 0.5) is 5.69 Å². The summed E-state index contributed by atoms with van der Waals surface area (Å²) in [6, 6.07) is 13.0. The van der Waals surface area contributed by atoms with Gasteiger partial charge in [0.05, 0.1) is 18.1 Å². The van der Waals surface area contributed by atoms with Crippen LogP contribution in [0.1, 0.15) is 41.3 Å². The lowest BCUT2D eigenvalue weighted by atomic mass is 9.96. The van der Waals surface area contributed by atoms with Gasteiger partial charge in [-0.2, -0.15) is 0 Å². The van der Waals surface area contributed by atoms with E-state index in [0.717, 1.165) is 47.8 Å². The smallest absolute Gasteiger partial charge is 0.338 e. The van der Waals surface area contributed by atoms with Crippen molar-refractivity contribution in [1.29, 1.82) is 0 Å². The molecule has 0 unspecified atom stereocenters. The number of hydrogen-bond donors (Lipinski definition) is 1. The number of benzene rings is 2. The second kappa shape index (κ2) is 9.90. The molecule has 3 rings (SSSR count). The predicted octanol–water partition coefficient (Wildman–Crippen LogP) is 4.68. The van der Waals surface area contributed by atoms with Gasteiger partial charge in [0.1, 0.15) is 0 Å². The first kappa shape index (κ1) is 21.3. The average Bonchev–Trinajstić information content (AvgIpc) is 2.71. The minimum absolute atomic E-state index is 0.0147. The molecule has 1 amide bonds. The van der Waals surface area contributed by atoms with Gasteiger partial charge in [-0.05, 0) is 68.6 Å². The zero-order chi connectivity index (χ0) is 20.8. The van der Waals surface area contributed by atoms with Gasteiger partial charge in [-0.3, -0.25) is 9.69 Å². The van der Waals surface area contributed by atoms with E-state index in [1.807, 2.05) is 31.2 Å². The van der Waals surface area contributed by atoms with Gasteiger partial charge in [0.25, 0.3) is 0 Å². The minimum Gasteiger partial charge on any atom is -0.462 e. The van der Waals surface area contributed by atoms with Gasteiger partial charge in [0.15, 0.2) is 0 Å². The Labute approximate surface area is 177 Å². The van der Waals surface area contributed by atoms with Crippen molar-refractivity contribution in [1.82, 2.24) is 4.90 Å². The fraction of sp³-hybridized carbons (Fsp3) is 0.391. The Balaban J connectivity index is 1.61. The monoisotopic (exact) mass is 414 g/mol. The molecule has 1 fully saturated rings. The zero-order valence-electron chi connectivity index (χ0n) is 16.9. The molecule has 1 N–H and O–H groups in total. The molecule has 1 atom stereocenters. The van der Waals surface area contributed by atoms with Crippen LogP contribution in [0.15, 0.2) is 42.5 Å². The van der Waals surface area contributed by atoms with E-state index in [1.165, 1.54) is 0 Å². The van der Waals surface area contributed by atoms with Crippen LogP contribution in [0.2, 0.25) is 5.02 Å². The maximum Gasteiger partial charge on any atom is 0.338 e. The van der Waals surface area contributed by atoms with Crippen LogP contribution in [-0.4, -0.2) is 36.5 Å². The van der Waals surface area contributed by atoms with Gasteiger partial charge >= 0.3 is 5.97 Å². The van der Waals surface area contributed by atoms with Gasteiger partial charge < -0.3 is 10.1 Å². The van der Waals surface area contributed by atoms with Crippen molar-refractivity contribution in [2.75, 3.05) is 25.0 Å². The number of nitrogens with one attached hydrogen (secondary N) is 1. The number of hydrogen-bond acceptors (Lipinski definition) is 4. The van der Waals surface area contributed by atoms with Crippen molar-refractivity contribution in [3.05, 3.63) is 64.2 Å². The molecule has 0 aromatic heterocycles. The maximum absolute atomic E-state index is 12.9. The SMILES string of the molecule is CCOC(=O)c1ccc(NC(=O)[C@H]2CCCN(Cc3ccccc3Cl)C2)c(C)c1. The Morgan fingerprint density at radius 3 is 2.76 bits per heavy atom. The molecule has 0 spiro atoms. The van der Waals surface area contributed by atoms with Crippen LogP contribution in [-0.2, 0) is 16.1 Å². The van der Waals surface area contributed by atoms with Crippen LogP contribution < -0.4 is 5.32 Å². The third-order valence-electron chi connectivity index (χ3n) is 5.22. The Morgan fingerprint density at radius 1 is 1.24 bits per heavy atom. The van der Waals surface area contributed by atoms with Crippen LogP contribution in [0, 0.1) is 12.8 Å². The number of ether oxygens (including phenoxy) is 1. The molecule has 1 saturated heterocycles. The second-order valence-corrected chi connectivity index (χ2v) is 7.81. The summed E-state index contributed by atoms with van der Waals surface area (Å²) < 4.78 is 5.03. The second-order valence-electron chi connectivity index (χ2n) is 7.41. The van der Waals surface area contributed by atoms with Gasteiger partial charge in [-0.15, -0.1) is 0 Å². The van der Waals surface area contributed by atoms with E-state index in [9.17, 15) is 9.59 Å². The number of carbonyl (C=O) groups is 2. The van der Waals surface area contributed by atoms with E-state index in [4.69, 9.17) is 16.3 Å². The Kier molecular flexibility index (Phi) is 7.29. The lowest BCUT2D eigenvalue weighted by molar-refractivity contribution is -0.121. The largest absolute Gasteiger partial charge is 0.462 e. The number of esters is 1. The average molecular weight is 415 g/mol. The molecule has 1 heterocycles. The summed E-state index contributed by atoms with van der Waals surface area (Å²) in [5, 5.41) is 3.79. The Hall–Kier alpha value is -2.37. The Morgan fingerprint density at radius 2 is 2.03 bits per heavy atom. The lowest BCUT2D eigenvalue weighted by Crippen LogP contribution is -2.40. The first-order chi connectivity index (χ1) is 14.0. The standard InChI is InChI=1S/C23H27ClN2O3/c1-3-29-23(28)17-10-11-21(16(2)13-17)25-22(27)19-8-6-12-26(15-19)14-18-7-4-5-9-20(18)24/h4-5,7,9-11,13,19H,3,6,8,12,14-15H2,1-2H3,(H,25,27)/t19-/m0/s1. The number of rotatable bonds is 6. The van der Waals surface area contributed by atoms with E-state index in [1.54, 1.807) is 25.1 Å². The van der Waals surface area contributed by atoms with Gasteiger partial charge in [-0.25, -0.2) is 4.79 Å². The molecule has 6 heteroatoms. The highest BCUT2D eigenvalue weighted by molar-refractivity contribution is 6.31. The first-order valence-corrected chi connectivity index (χ1v) is 10.4. The molecule has 2 aromatic rings. The van der Waals surface area contributed by atoms with E-state index in [0.29, 0.717) is 18.7 Å². The minimum atomic E-state index is -0.351. The molecule has 2 aromatic carbocycles. The molecule has 0 radical (unpaired) electrons. The van der Waals surface area contributed by atoms with Gasteiger partial charge in [-0.1, -0.05) is 29.8 Å². The predicted molar refractivity (Wildman–Crippen MR) is 115 cm³/mol. The summed E-state index contributed by atoms with van der Waals surface area (Å²) in [5.41, 5.74) is 3.14. The molecule has 1 aliphatic heterocycles. The summed E-state index contributed by atoms with van der Waals surface area (Å²) in [5.74, 6) is -0.410. The number of piperidine rings is 1. The number of likely N-dealkylation sites (tertiary alicyclic amines) is 1. The third kappa shape index (κ3) is 5.58. The highest BCUT2D eigenvalue weighted by Crippen LogP contribution is 2.24. The summed E-state index contributed by atoms with van der Waals surface area (Å²) in [6.45, 7) is 6.40. The summed E-state index contributed by atoms with van der Waals surface area (Å²) in [4.78, 5) is 27.0.